The molecule has 0 heterocycles. The molecule has 0 saturated carbocycles. The highest BCUT2D eigenvalue weighted by atomic mass is 16.2. The normalized spacial score (nSPS) is 8.27. The zero-order valence-corrected chi connectivity index (χ0v) is 11.0. The van der Waals surface area contributed by atoms with Crippen LogP contribution in [0.4, 0.5) is 0 Å². The lowest BCUT2D eigenvalue weighted by Crippen LogP contribution is -1.93. The van der Waals surface area contributed by atoms with Gasteiger partial charge < -0.3 is 5.02 Å². The van der Waals surface area contributed by atoms with Crippen LogP contribution >= 0.6 is 0 Å². The Morgan fingerprint density at radius 1 is 1.00 bits per heavy atom. The van der Waals surface area contributed by atoms with Gasteiger partial charge in [-0.15, -0.1) is 0 Å². The minimum Gasteiger partial charge on any atom is -0.451 e. The maximum absolute atomic E-state index is 8.06. The molecule has 0 aliphatic carbocycles. The van der Waals surface area contributed by atoms with Gasteiger partial charge in [-0.3, -0.25) is 0 Å². The molecule has 1 aromatic rings. The Labute approximate surface area is 95.6 Å². The molecule has 86 valence electrons. The van der Waals surface area contributed by atoms with Gasteiger partial charge in [0.2, 0.25) is 0 Å². The minimum absolute atomic E-state index is 0.167. The Balaban J connectivity index is 0. The molecule has 0 aliphatic rings. The van der Waals surface area contributed by atoms with E-state index in [1.165, 1.54) is 5.56 Å². The highest BCUT2D eigenvalue weighted by molar-refractivity contribution is 6.46. The van der Waals surface area contributed by atoms with Gasteiger partial charge in [-0.2, -0.15) is 0 Å². The molecule has 0 aromatic heterocycles. The standard InChI is InChI=1S/C9H12.C2H7BO.C2H6/c1-8(2)9-6-4-3-5-7-9;1-3(2)4;1-2/h3-8H,1-2H3;4H,1-2H3;1-2H3. The monoisotopic (exact) mass is 208 g/mol. The summed E-state index contributed by atoms with van der Waals surface area (Å²) in [5.74, 6) is 0.659. The smallest absolute Gasteiger partial charge is 0.282 e. The maximum Gasteiger partial charge on any atom is 0.282 e. The van der Waals surface area contributed by atoms with Gasteiger partial charge in [0.15, 0.2) is 0 Å². The third kappa shape index (κ3) is 13.2. The van der Waals surface area contributed by atoms with E-state index in [4.69, 9.17) is 5.02 Å². The van der Waals surface area contributed by atoms with Crippen molar-refractivity contribution in [3.05, 3.63) is 35.9 Å². The molecule has 0 aliphatic heterocycles. The molecule has 2 heteroatoms. The predicted octanol–water partition coefficient (Wildman–Crippen LogP) is 4.07. The molecular formula is C13H25BO. The maximum atomic E-state index is 8.06. The Bertz CT molecular complexity index is 204. The fraction of sp³-hybridized carbons (Fsp3) is 0.538. The van der Waals surface area contributed by atoms with Crippen LogP contribution in [0.1, 0.15) is 39.2 Å². The van der Waals surface area contributed by atoms with Crippen LogP contribution < -0.4 is 0 Å². The summed E-state index contributed by atoms with van der Waals surface area (Å²) in [7, 11) is 0. The molecule has 0 amide bonds. The Kier molecular flexibility index (Phi) is 12.6. The largest absolute Gasteiger partial charge is 0.451 e. The molecular weight excluding hydrogens is 183 g/mol. The van der Waals surface area contributed by atoms with Gasteiger partial charge in [0.1, 0.15) is 0 Å². The molecule has 1 aromatic carbocycles. The summed E-state index contributed by atoms with van der Waals surface area (Å²) in [5, 5.41) is 8.06. The van der Waals surface area contributed by atoms with E-state index >= 15 is 0 Å². The second-order valence-electron chi connectivity index (χ2n) is 3.66. The summed E-state index contributed by atoms with van der Waals surface area (Å²) in [4.78, 5) is 0. The molecule has 0 saturated heterocycles. The van der Waals surface area contributed by atoms with Crippen LogP contribution in [-0.4, -0.2) is 11.9 Å². The van der Waals surface area contributed by atoms with Crippen LogP contribution in [0.25, 0.3) is 0 Å². The SMILES string of the molecule is CB(C)O.CC.CC(C)c1ccccc1. The molecule has 0 bridgehead atoms. The topological polar surface area (TPSA) is 20.2 Å². The van der Waals surface area contributed by atoms with E-state index in [-0.39, 0.29) is 6.92 Å². The first-order valence-corrected chi connectivity index (χ1v) is 5.77. The van der Waals surface area contributed by atoms with Gasteiger partial charge in [0.05, 0.1) is 0 Å². The molecule has 1 nitrogen and oxygen atoms in total. The summed E-state index contributed by atoms with van der Waals surface area (Å²) in [6.45, 7) is 11.7. The summed E-state index contributed by atoms with van der Waals surface area (Å²) < 4.78 is 0. The molecule has 0 atom stereocenters. The van der Waals surface area contributed by atoms with Gasteiger partial charge in [-0.1, -0.05) is 71.7 Å². The first kappa shape index (κ1) is 16.7. The number of rotatable bonds is 1. The van der Waals surface area contributed by atoms with Crippen molar-refractivity contribution in [2.45, 2.75) is 47.3 Å². The van der Waals surface area contributed by atoms with Gasteiger partial charge >= 0.3 is 0 Å². The number of hydrogen-bond acceptors (Lipinski definition) is 1. The van der Waals surface area contributed by atoms with Crippen molar-refractivity contribution in [3.8, 4) is 0 Å². The molecule has 15 heavy (non-hydrogen) atoms. The zero-order valence-electron chi connectivity index (χ0n) is 11.0. The quantitative estimate of drug-likeness (QED) is 0.690. The lowest BCUT2D eigenvalue weighted by atomic mass is 9.76. The number of benzene rings is 1. The van der Waals surface area contributed by atoms with Crippen LogP contribution in [0.3, 0.4) is 0 Å². The van der Waals surface area contributed by atoms with Crippen LogP contribution in [-0.2, 0) is 0 Å². The van der Waals surface area contributed by atoms with Gasteiger partial charge in [0, 0.05) is 0 Å². The van der Waals surface area contributed by atoms with Crippen LogP contribution in [0.5, 0.6) is 0 Å². The molecule has 1 N–H and O–H groups in total. The molecule has 0 fully saturated rings. The van der Waals surface area contributed by atoms with E-state index in [0.717, 1.165) is 0 Å². The Morgan fingerprint density at radius 3 is 1.53 bits per heavy atom. The summed E-state index contributed by atoms with van der Waals surface area (Å²) in [5.41, 5.74) is 1.41. The van der Waals surface area contributed by atoms with Crippen LogP contribution in [0.15, 0.2) is 30.3 Å². The molecule has 0 spiro atoms. The highest BCUT2D eigenvalue weighted by Crippen LogP contribution is 2.11. The molecule has 1 rings (SSSR count). The average molecular weight is 208 g/mol. The second kappa shape index (κ2) is 11.3. The van der Waals surface area contributed by atoms with Crippen molar-refractivity contribution >= 4 is 6.92 Å². The minimum atomic E-state index is -0.167. The zero-order chi connectivity index (χ0) is 12.3. The lowest BCUT2D eigenvalue weighted by molar-refractivity contribution is 0.587. The van der Waals surface area contributed by atoms with Crippen molar-refractivity contribution in [3.63, 3.8) is 0 Å². The van der Waals surface area contributed by atoms with E-state index in [1.807, 2.05) is 19.9 Å². The van der Waals surface area contributed by atoms with Crippen molar-refractivity contribution < 1.29 is 5.02 Å². The van der Waals surface area contributed by atoms with Crippen molar-refractivity contribution in [2.24, 2.45) is 0 Å². The fourth-order valence-electron chi connectivity index (χ4n) is 0.838. The van der Waals surface area contributed by atoms with Gasteiger partial charge in [-0.05, 0) is 11.5 Å². The van der Waals surface area contributed by atoms with Crippen LogP contribution in [0.2, 0.25) is 13.6 Å². The summed E-state index contributed by atoms with van der Waals surface area (Å²) >= 11 is 0. The second-order valence-corrected chi connectivity index (χ2v) is 3.66. The van der Waals surface area contributed by atoms with Crippen LogP contribution in [0, 0.1) is 0 Å². The van der Waals surface area contributed by atoms with E-state index in [1.54, 1.807) is 13.6 Å². The highest BCUT2D eigenvalue weighted by Gasteiger charge is 1.93. The van der Waals surface area contributed by atoms with Gasteiger partial charge in [-0.25, -0.2) is 0 Å². The Morgan fingerprint density at radius 2 is 1.33 bits per heavy atom. The van der Waals surface area contributed by atoms with Crippen molar-refractivity contribution in [1.29, 1.82) is 0 Å². The summed E-state index contributed by atoms with van der Waals surface area (Å²) in [6, 6.07) is 10.5. The third-order valence-corrected chi connectivity index (χ3v) is 1.47. The van der Waals surface area contributed by atoms with E-state index in [9.17, 15) is 0 Å². The van der Waals surface area contributed by atoms with Crippen molar-refractivity contribution in [1.82, 2.24) is 0 Å². The summed E-state index contributed by atoms with van der Waals surface area (Å²) in [6.07, 6.45) is 0. The first-order chi connectivity index (χ1) is 7.04. The Hall–Kier alpha value is -0.755. The predicted molar refractivity (Wildman–Crippen MR) is 71.6 cm³/mol. The van der Waals surface area contributed by atoms with E-state index < -0.39 is 0 Å². The first-order valence-electron chi connectivity index (χ1n) is 5.77. The van der Waals surface area contributed by atoms with Gasteiger partial charge in [0.25, 0.3) is 6.92 Å². The molecule has 0 radical (unpaired) electrons. The van der Waals surface area contributed by atoms with Crippen molar-refractivity contribution in [2.75, 3.05) is 0 Å². The fourth-order valence-corrected chi connectivity index (χ4v) is 0.838. The third-order valence-electron chi connectivity index (χ3n) is 1.47. The molecule has 0 unspecified atom stereocenters. The lowest BCUT2D eigenvalue weighted by Gasteiger charge is -2.01. The van der Waals surface area contributed by atoms with E-state index in [0.29, 0.717) is 5.92 Å². The number of hydrogen-bond donors (Lipinski definition) is 1. The van der Waals surface area contributed by atoms with E-state index in [2.05, 4.69) is 38.1 Å². The average Bonchev–Trinajstić information content (AvgIpc) is 2.21.